The van der Waals surface area contributed by atoms with Gasteiger partial charge in [0.05, 0.1) is 41.3 Å². The highest BCUT2D eigenvalue weighted by Gasteiger charge is 2.47. The monoisotopic (exact) mass is 483 g/mol. The fourth-order valence-corrected chi connectivity index (χ4v) is 5.09. The van der Waals surface area contributed by atoms with Gasteiger partial charge in [-0.25, -0.2) is 9.48 Å². The number of para-hydroxylation sites is 1. The molecule has 0 unspecified atom stereocenters. The molecule has 8 nitrogen and oxygen atoms in total. The summed E-state index contributed by atoms with van der Waals surface area (Å²) in [6, 6.07) is 19.2. The molecule has 2 fully saturated rings. The molecule has 0 radical (unpaired) electrons. The topological polar surface area (TPSA) is 91.5 Å². The molecule has 1 spiro atoms. The Morgan fingerprint density at radius 1 is 1.11 bits per heavy atom. The molecule has 3 heterocycles. The molecule has 36 heavy (non-hydrogen) atoms. The van der Waals surface area contributed by atoms with Crippen molar-refractivity contribution in [2.45, 2.75) is 44.8 Å². The quantitative estimate of drug-likeness (QED) is 0.521. The third-order valence-electron chi connectivity index (χ3n) is 7.05. The van der Waals surface area contributed by atoms with Crippen LogP contribution in [0.1, 0.15) is 53.4 Å². The van der Waals surface area contributed by atoms with Gasteiger partial charge in [-0.1, -0.05) is 43.7 Å². The first-order valence-corrected chi connectivity index (χ1v) is 12.4. The number of amides is 2. The Hall–Kier alpha value is -4.12. The third-order valence-corrected chi connectivity index (χ3v) is 7.05. The van der Waals surface area contributed by atoms with Crippen LogP contribution in [0.4, 0.5) is 4.79 Å². The van der Waals surface area contributed by atoms with Crippen molar-refractivity contribution in [2.75, 3.05) is 19.6 Å². The van der Waals surface area contributed by atoms with Crippen LogP contribution < -0.4 is 0 Å². The minimum atomic E-state index is -0.569. The number of carbonyl (C=O) groups excluding carboxylic acids is 2. The van der Waals surface area contributed by atoms with Crippen LogP contribution >= 0.6 is 0 Å². The summed E-state index contributed by atoms with van der Waals surface area (Å²) in [4.78, 5) is 29.7. The second-order valence-electron chi connectivity index (χ2n) is 9.51. The number of hydrogen-bond acceptors (Lipinski definition) is 5. The molecule has 1 aromatic heterocycles. The van der Waals surface area contributed by atoms with Gasteiger partial charge >= 0.3 is 6.09 Å². The molecule has 2 aromatic carbocycles. The molecule has 2 aliphatic heterocycles. The summed E-state index contributed by atoms with van der Waals surface area (Å²) in [5, 5.41) is 13.5. The summed E-state index contributed by atoms with van der Waals surface area (Å²) in [7, 11) is 0. The van der Waals surface area contributed by atoms with Crippen LogP contribution in [0.25, 0.3) is 5.69 Å². The zero-order valence-corrected chi connectivity index (χ0v) is 20.4. The van der Waals surface area contributed by atoms with E-state index < -0.39 is 5.60 Å². The fourth-order valence-electron chi connectivity index (χ4n) is 5.09. The van der Waals surface area contributed by atoms with Crippen LogP contribution in [0.3, 0.4) is 0 Å². The normalized spacial score (nSPS) is 16.7. The molecule has 5 rings (SSSR count). The number of aromatic nitrogens is 2. The van der Waals surface area contributed by atoms with Crippen molar-refractivity contribution in [1.29, 1.82) is 5.26 Å². The summed E-state index contributed by atoms with van der Waals surface area (Å²) in [5.74, 6) is -0.0192. The number of ether oxygens (including phenoxy) is 1. The lowest BCUT2D eigenvalue weighted by atomic mass is 9.91. The Morgan fingerprint density at radius 3 is 2.50 bits per heavy atom. The molecule has 0 N–H and O–H groups in total. The molecule has 0 bridgehead atoms. The highest BCUT2D eigenvalue weighted by atomic mass is 16.6. The van der Waals surface area contributed by atoms with E-state index in [2.05, 4.69) is 18.1 Å². The summed E-state index contributed by atoms with van der Waals surface area (Å²) < 4.78 is 7.72. The lowest BCUT2D eigenvalue weighted by Gasteiger charge is -2.37. The molecule has 0 atom stereocenters. The second-order valence-corrected chi connectivity index (χ2v) is 9.51. The van der Waals surface area contributed by atoms with E-state index in [-0.39, 0.29) is 12.0 Å². The number of piperidine rings is 1. The number of rotatable bonds is 6. The Morgan fingerprint density at radius 2 is 1.83 bits per heavy atom. The SMILES string of the molecule is CCCc1c(C(=O)N2CCC3(CC2)CN(Cc2ccc(C#N)cc2)C(=O)O3)cnn1-c1ccccc1. The van der Waals surface area contributed by atoms with Gasteiger partial charge < -0.3 is 9.64 Å². The molecule has 2 amide bonds. The molecule has 0 saturated carbocycles. The zero-order chi connectivity index (χ0) is 25.1. The van der Waals surface area contributed by atoms with E-state index in [1.165, 1.54) is 0 Å². The number of benzene rings is 2. The van der Waals surface area contributed by atoms with E-state index in [0.717, 1.165) is 29.8 Å². The largest absolute Gasteiger partial charge is 0.441 e. The van der Waals surface area contributed by atoms with Crippen molar-refractivity contribution in [3.8, 4) is 11.8 Å². The van der Waals surface area contributed by atoms with Gasteiger partial charge in [0.25, 0.3) is 5.91 Å². The minimum absolute atomic E-state index is 0.0192. The standard InChI is InChI=1S/C28H29N5O3/c1-2-6-25-24(18-30-33(25)23-7-4-3-5-8-23)26(34)31-15-13-28(14-16-31)20-32(27(35)36-28)19-22-11-9-21(17-29)10-12-22/h3-5,7-12,18H,2,6,13-16,19-20H2,1H3. The minimum Gasteiger partial charge on any atom is -0.441 e. The average molecular weight is 484 g/mol. The Labute approximate surface area is 210 Å². The summed E-state index contributed by atoms with van der Waals surface area (Å²) in [6.45, 7) is 4.09. The van der Waals surface area contributed by atoms with Gasteiger partial charge in [0.1, 0.15) is 5.60 Å². The van der Waals surface area contributed by atoms with Gasteiger partial charge in [-0.3, -0.25) is 9.69 Å². The average Bonchev–Trinajstić information content (AvgIpc) is 3.46. The number of hydrogen-bond donors (Lipinski definition) is 0. The lowest BCUT2D eigenvalue weighted by Crippen LogP contribution is -2.48. The van der Waals surface area contributed by atoms with Crippen molar-refractivity contribution in [1.82, 2.24) is 19.6 Å². The van der Waals surface area contributed by atoms with Crippen LogP contribution in [0.2, 0.25) is 0 Å². The maximum atomic E-state index is 13.5. The van der Waals surface area contributed by atoms with E-state index in [1.54, 1.807) is 23.2 Å². The lowest BCUT2D eigenvalue weighted by molar-refractivity contribution is 0.00310. The maximum absolute atomic E-state index is 13.5. The van der Waals surface area contributed by atoms with Gasteiger partial charge in [0.15, 0.2) is 0 Å². The Balaban J connectivity index is 1.25. The molecule has 2 saturated heterocycles. The van der Waals surface area contributed by atoms with E-state index >= 15 is 0 Å². The molecular weight excluding hydrogens is 454 g/mol. The first-order chi connectivity index (χ1) is 17.5. The van der Waals surface area contributed by atoms with Crippen molar-refractivity contribution in [3.05, 3.63) is 83.2 Å². The highest BCUT2D eigenvalue weighted by Crippen LogP contribution is 2.34. The van der Waals surface area contributed by atoms with Crippen molar-refractivity contribution >= 4 is 12.0 Å². The smallest absolute Gasteiger partial charge is 0.410 e. The highest BCUT2D eigenvalue weighted by molar-refractivity contribution is 5.95. The van der Waals surface area contributed by atoms with Gasteiger partial charge in [-0.2, -0.15) is 10.4 Å². The van der Waals surface area contributed by atoms with Crippen molar-refractivity contribution in [2.24, 2.45) is 0 Å². The van der Waals surface area contributed by atoms with Gasteiger partial charge in [0, 0.05) is 32.5 Å². The molecule has 184 valence electrons. The third kappa shape index (κ3) is 4.57. The first-order valence-electron chi connectivity index (χ1n) is 12.4. The van der Waals surface area contributed by atoms with Crippen molar-refractivity contribution < 1.29 is 14.3 Å². The Bertz CT molecular complexity index is 1280. The second kappa shape index (κ2) is 9.86. The predicted octanol–water partition coefficient (Wildman–Crippen LogP) is 4.32. The van der Waals surface area contributed by atoms with Gasteiger partial charge in [-0.05, 0) is 36.2 Å². The number of nitrogens with zero attached hydrogens (tertiary/aromatic N) is 5. The first kappa shape index (κ1) is 23.6. The van der Waals surface area contributed by atoms with E-state index in [4.69, 9.17) is 10.00 Å². The molecule has 2 aliphatic rings. The van der Waals surface area contributed by atoms with Crippen LogP contribution in [-0.2, 0) is 17.7 Å². The van der Waals surface area contributed by atoms with Gasteiger partial charge in [0.2, 0.25) is 0 Å². The van der Waals surface area contributed by atoms with Crippen LogP contribution in [0.15, 0.2) is 60.8 Å². The molecule has 0 aliphatic carbocycles. The predicted molar refractivity (Wildman–Crippen MR) is 133 cm³/mol. The van der Waals surface area contributed by atoms with Crippen molar-refractivity contribution in [3.63, 3.8) is 0 Å². The number of nitriles is 1. The van der Waals surface area contributed by atoms with Crippen LogP contribution in [0.5, 0.6) is 0 Å². The Kier molecular flexibility index (Phi) is 6.47. The van der Waals surface area contributed by atoms with E-state index in [9.17, 15) is 9.59 Å². The molecule has 3 aromatic rings. The molecular formula is C28H29N5O3. The summed E-state index contributed by atoms with van der Waals surface area (Å²) in [5.41, 5.74) is 3.48. The fraction of sp³-hybridized carbons (Fsp3) is 0.357. The van der Waals surface area contributed by atoms with E-state index in [0.29, 0.717) is 50.1 Å². The molecule has 8 heteroatoms. The summed E-state index contributed by atoms with van der Waals surface area (Å²) in [6.07, 6.45) is 4.23. The van der Waals surface area contributed by atoms with Crippen LogP contribution in [-0.4, -0.2) is 56.8 Å². The number of likely N-dealkylation sites (tertiary alicyclic amines) is 1. The maximum Gasteiger partial charge on any atom is 0.410 e. The van der Waals surface area contributed by atoms with Gasteiger partial charge in [-0.15, -0.1) is 0 Å². The summed E-state index contributed by atoms with van der Waals surface area (Å²) >= 11 is 0. The van der Waals surface area contributed by atoms with Crippen LogP contribution in [0, 0.1) is 11.3 Å². The zero-order valence-electron chi connectivity index (χ0n) is 20.4. The van der Waals surface area contributed by atoms with E-state index in [1.807, 2.05) is 52.0 Å². The number of carbonyl (C=O) groups is 2.